The number of hydrogen-bond donors (Lipinski definition) is 2. The number of ether oxygens (including phenoxy) is 1. The Morgan fingerprint density at radius 2 is 2.00 bits per heavy atom. The van der Waals surface area contributed by atoms with Gasteiger partial charge in [-0.1, -0.05) is 0 Å². The van der Waals surface area contributed by atoms with Crippen LogP contribution in [-0.4, -0.2) is 57.0 Å². The maximum atomic E-state index is 12.5. The van der Waals surface area contributed by atoms with Crippen molar-refractivity contribution in [3.05, 3.63) is 24.3 Å². The third-order valence-electron chi connectivity index (χ3n) is 4.61. The van der Waals surface area contributed by atoms with E-state index < -0.39 is 27.8 Å². The monoisotopic (exact) mass is 395 g/mol. The van der Waals surface area contributed by atoms with Crippen molar-refractivity contribution in [2.45, 2.75) is 31.3 Å². The van der Waals surface area contributed by atoms with Gasteiger partial charge in [-0.3, -0.25) is 9.59 Å². The van der Waals surface area contributed by atoms with Crippen LogP contribution >= 0.6 is 0 Å². The molecule has 0 aliphatic carbocycles. The molecule has 10 heteroatoms. The van der Waals surface area contributed by atoms with E-state index in [0.29, 0.717) is 17.9 Å². The topological polar surface area (TPSA) is 122 Å². The van der Waals surface area contributed by atoms with E-state index in [1.807, 2.05) is 0 Å². The van der Waals surface area contributed by atoms with E-state index in [2.05, 4.69) is 10.6 Å². The maximum absolute atomic E-state index is 12.5. The zero-order valence-electron chi connectivity index (χ0n) is 14.8. The van der Waals surface area contributed by atoms with Gasteiger partial charge in [0.15, 0.2) is 9.84 Å². The molecule has 27 heavy (non-hydrogen) atoms. The highest BCUT2D eigenvalue weighted by Gasteiger charge is 2.39. The van der Waals surface area contributed by atoms with Gasteiger partial charge in [-0.15, -0.1) is 0 Å². The molecule has 2 atom stereocenters. The van der Waals surface area contributed by atoms with Gasteiger partial charge < -0.3 is 15.4 Å². The number of sulfone groups is 1. The van der Waals surface area contributed by atoms with Gasteiger partial charge in [0.2, 0.25) is 5.91 Å². The second kappa shape index (κ2) is 7.55. The highest BCUT2D eigenvalue weighted by molar-refractivity contribution is 7.91. The number of amides is 4. The maximum Gasteiger partial charge on any atom is 0.329 e. The molecule has 0 radical (unpaired) electrons. The lowest BCUT2D eigenvalue weighted by Crippen LogP contribution is -2.37. The summed E-state index contributed by atoms with van der Waals surface area (Å²) in [5.41, 5.74) is 0.418. The Morgan fingerprint density at radius 1 is 1.30 bits per heavy atom. The van der Waals surface area contributed by atoms with Gasteiger partial charge in [0.05, 0.1) is 24.3 Å². The zero-order valence-corrected chi connectivity index (χ0v) is 15.6. The molecule has 9 nitrogen and oxygen atoms in total. The van der Waals surface area contributed by atoms with Crippen molar-refractivity contribution < 1.29 is 27.5 Å². The molecule has 0 spiro atoms. The lowest BCUT2D eigenvalue weighted by atomic mass is 10.1. The predicted molar refractivity (Wildman–Crippen MR) is 97.2 cm³/mol. The Morgan fingerprint density at radius 3 is 2.59 bits per heavy atom. The lowest BCUT2D eigenvalue weighted by Gasteiger charge is -2.14. The number of nitrogens with zero attached hydrogens (tertiary/aromatic N) is 1. The number of nitrogens with one attached hydrogen (secondary N) is 2. The fraction of sp³-hybridized carbons (Fsp3) is 0.471. The fourth-order valence-electron chi connectivity index (χ4n) is 3.19. The smallest absolute Gasteiger partial charge is 0.329 e. The van der Waals surface area contributed by atoms with Gasteiger partial charge in [0.1, 0.15) is 11.8 Å². The van der Waals surface area contributed by atoms with E-state index >= 15 is 0 Å². The summed E-state index contributed by atoms with van der Waals surface area (Å²) in [6, 6.07) is 4.78. The van der Waals surface area contributed by atoms with E-state index in [9.17, 15) is 22.8 Å². The van der Waals surface area contributed by atoms with Crippen LogP contribution in [-0.2, 0) is 19.4 Å². The summed E-state index contributed by atoms with van der Waals surface area (Å²) in [6.07, 6.45) is 0.560. The Balaban J connectivity index is 1.54. The molecule has 1 aromatic carbocycles. The summed E-state index contributed by atoms with van der Waals surface area (Å²) < 4.78 is 27.9. The molecule has 146 valence electrons. The second-order valence-corrected chi connectivity index (χ2v) is 8.81. The number of carbonyl (C=O) groups excluding carboxylic acids is 3. The number of hydrogen-bond acceptors (Lipinski definition) is 6. The van der Waals surface area contributed by atoms with E-state index in [4.69, 9.17) is 4.74 Å². The highest BCUT2D eigenvalue weighted by Crippen LogP contribution is 2.23. The van der Waals surface area contributed by atoms with Crippen molar-refractivity contribution >= 4 is 33.4 Å². The average molecular weight is 395 g/mol. The third-order valence-corrected chi connectivity index (χ3v) is 6.38. The Hall–Kier alpha value is -2.62. The lowest BCUT2D eigenvalue weighted by molar-refractivity contribution is -0.122. The van der Waals surface area contributed by atoms with Gasteiger partial charge in [0, 0.05) is 12.5 Å². The summed E-state index contributed by atoms with van der Waals surface area (Å²) in [7, 11) is -1.55. The van der Waals surface area contributed by atoms with Crippen molar-refractivity contribution in [2.24, 2.45) is 0 Å². The number of rotatable bonds is 6. The SMILES string of the molecule is COc1ccc(N2C(=O)N[C@@H](CCC(=O)N[C@H]3CCS(=O)(=O)C3)C2=O)cc1. The normalized spacial score (nSPS) is 24.0. The highest BCUT2D eigenvalue weighted by atomic mass is 32.2. The van der Waals surface area contributed by atoms with Crippen molar-refractivity contribution in [3.63, 3.8) is 0 Å². The first-order valence-electron chi connectivity index (χ1n) is 8.57. The van der Waals surface area contributed by atoms with Crippen LogP contribution in [0.3, 0.4) is 0 Å². The first-order chi connectivity index (χ1) is 12.8. The predicted octanol–water partition coefficient (Wildman–Crippen LogP) is 0.204. The van der Waals surface area contributed by atoms with Crippen LogP contribution < -0.4 is 20.3 Å². The van der Waals surface area contributed by atoms with Crippen LogP contribution in [0.4, 0.5) is 10.5 Å². The van der Waals surface area contributed by atoms with Gasteiger partial charge in [-0.25, -0.2) is 18.1 Å². The minimum absolute atomic E-state index is 0.0175. The Labute approximate surface area is 157 Å². The van der Waals surface area contributed by atoms with Crippen LogP contribution in [0, 0.1) is 0 Å². The molecule has 3 rings (SSSR count). The largest absolute Gasteiger partial charge is 0.497 e. The molecular formula is C17H21N3O6S. The number of benzene rings is 1. The van der Waals surface area contributed by atoms with Gasteiger partial charge >= 0.3 is 6.03 Å². The molecule has 0 saturated carbocycles. The fourth-order valence-corrected chi connectivity index (χ4v) is 4.86. The first-order valence-corrected chi connectivity index (χ1v) is 10.4. The average Bonchev–Trinajstić information content (AvgIpc) is 3.11. The van der Waals surface area contributed by atoms with Crippen molar-refractivity contribution in [2.75, 3.05) is 23.5 Å². The molecule has 2 saturated heterocycles. The van der Waals surface area contributed by atoms with E-state index in [0.717, 1.165) is 4.90 Å². The Kier molecular flexibility index (Phi) is 5.36. The summed E-state index contributed by atoms with van der Waals surface area (Å²) in [5.74, 6) is -0.133. The summed E-state index contributed by atoms with van der Waals surface area (Å²) in [4.78, 5) is 37.7. The molecule has 1 aromatic rings. The van der Waals surface area contributed by atoms with E-state index in [1.165, 1.54) is 7.11 Å². The minimum atomic E-state index is -3.07. The van der Waals surface area contributed by atoms with Crippen molar-refractivity contribution in [3.8, 4) is 5.75 Å². The first kappa shape index (κ1) is 19.2. The van der Waals surface area contributed by atoms with Crippen LogP contribution in [0.25, 0.3) is 0 Å². The molecule has 2 aliphatic heterocycles. The molecule has 0 bridgehead atoms. The molecule has 0 unspecified atom stereocenters. The molecule has 2 aliphatic rings. The molecule has 2 fully saturated rings. The second-order valence-electron chi connectivity index (χ2n) is 6.58. The molecule has 0 aromatic heterocycles. The van der Waals surface area contributed by atoms with E-state index in [1.54, 1.807) is 24.3 Å². The van der Waals surface area contributed by atoms with Crippen LogP contribution in [0.1, 0.15) is 19.3 Å². The summed E-state index contributed by atoms with van der Waals surface area (Å²) >= 11 is 0. The molecular weight excluding hydrogens is 374 g/mol. The number of imide groups is 1. The molecule has 2 N–H and O–H groups in total. The summed E-state index contributed by atoms with van der Waals surface area (Å²) in [5, 5.41) is 5.24. The number of methoxy groups -OCH3 is 1. The number of urea groups is 1. The van der Waals surface area contributed by atoms with Crippen LogP contribution in [0.2, 0.25) is 0 Å². The van der Waals surface area contributed by atoms with Gasteiger partial charge in [-0.2, -0.15) is 0 Å². The molecule has 4 amide bonds. The summed E-state index contributed by atoms with van der Waals surface area (Å²) in [6.45, 7) is 0. The third kappa shape index (κ3) is 4.38. The quantitative estimate of drug-likeness (QED) is 0.664. The Bertz CT molecular complexity index is 852. The van der Waals surface area contributed by atoms with E-state index in [-0.39, 0.29) is 36.3 Å². The zero-order chi connectivity index (χ0) is 19.6. The van der Waals surface area contributed by atoms with Crippen LogP contribution in [0.15, 0.2) is 24.3 Å². The number of anilines is 1. The standard InChI is InChI=1S/C17H21N3O6S/c1-26-13-4-2-12(3-5-13)20-16(22)14(19-17(20)23)6-7-15(21)18-11-8-9-27(24,25)10-11/h2-5,11,14H,6-10H2,1H3,(H,18,21)(H,19,23)/t11-,14-/m0/s1. The number of carbonyl (C=O) groups is 3. The van der Waals surface area contributed by atoms with Crippen molar-refractivity contribution in [1.29, 1.82) is 0 Å². The molecule has 2 heterocycles. The van der Waals surface area contributed by atoms with Gasteiger partial charge in [0.25, 0.3) is 5.91 Å². The van der Waals surface area contributed by atoms with Crippen LogP contribution in [0.5, 0.6) is 5.75 Å². The van der Waals surface area contributed by atoms with Gasteiger partial charge in [-0.05, 0) is 37.1 Å². The minimum Gasteiger partial charge on any atom is -0.497 e. The van der Waals surface area contributed by atoms with Crippen molar-refractivity contribution in [1.82, 2.24) is 10.6 Å².